The lowest BCUT2D eigenvalue weighted by Crippen LogP contribution is -2.34. The van der Waals surface area contributed by atoms with E-state index < -0.39 is 10.0 Å². The molecule has 9 heteroatoms. The van der Waals surface area contributed by atoms with E-state index in [-0.39, 0.29) is 29.8 Å². The Bertz CT molecular complexity index is 898. The minimum Gasteiger partial charge on any atom is -0.351 e. The molecular weight excluding hydrogens is 378 g/mol. The van der Waals surface area contributed by atoms with E-state index in [1.807, 2.05) is 0 Å². The van der Waals surface area contributed by atoms with Crippen molar-refractivity contribution in [1.29, 1.82) is 0 Å². The van der Waals surface area contributed by atoms with Crippen LogP contribution in [0.5, 0.6) is 0 Å². The van der Waals surface area contributed by atoms with Crippen molar-refractivity contribution in [3.8, 4) is 0 Å². The van der Waals surface area contributed by atoms with E-state index in [2.05, 4.69) is 15.4 Å². The summed E-state index contributed by atoms with van der Waals surface area (Å²) >= 11 is 5.79. The highest BCUT2D eigenvalue weighted by Gasteiger charge is 2.13. The Balaban J connectivity index is 1.83. The van der Waals surface area contributed by atoms with Gasteiger partial charge in [-0.15, -0.1) is 0 Å². The first kappa shape index (κ1) is 19.9. The molecule has 0 fully saturated rings. The summed E-state index contributed by atoms with van der Waals surface area (Å²) in [6.45, 7) is 1.54. The van der Waals surface area contributed by atoms with E-state index in [0.29, 0.717) is 16.3 Å². The largest absolute Gasteiger partial charge is 0.351 e. The standard InChI is InChI=1S/C17H18ClN3O4S/c1-12(22)21-15-7-5-13(6-8-15)17(23)19-9-10-20-26(24,25)16-4-2-3-14(18)11-16/h2-8,11,20H,9-10H2,1H3,(H,19,23)(H,21,22). The lowest BCUT2D eigenvalue weighted by molar-refractivity contribution is -0.114. The van der Waals surface area contributed by atoms with Crippen LogP contribution < -0.4 is 15.4 Å². The smallest absolute Gasteiger partial charge is 0.251 e. The predicted octanol–water partition coefficient (Wildman–Crippen LogP) is 2.01. The summed E-state index contributed by atoms with van der Waals surface area (Å²) in [5.41, 5.74) is 0.986. The molecule has 2 rings (SSSR count). The maximum absolute atomic E-state index is 12.1. The molecule has 0 aliphatic heterocycles. The first-order valence-electron chi connectivity index (χ1n) is 7.69. The quantitative estimate of drug-likeness (QED) is 0.623. The van der Waals surface area contributed by atoms with E-state index in [0.717, 1.165) is 0 Å². The summed E-state index contributed by atoms with van der Waals surface area (Å²) in [5, 5.41) is 5.54. The van der Waals surface area contributed by atoms with Gasteiger partial charge in [0.1, 0.15) is 0 Å². The van der Waals surface area contributed by atoms with E-state index in [1.165, 1.54) is 19.1 Å². The molecule has 7 nitrogen and oxygen atoms in total. The third kappa shape index (κ3) is 5.83. The molecule has 0 aliphatic carbocycles. The third-order valence-corrected chi connectivity index (χ3v) is 4.97. The second-order valence-electron chi connectivity index (χ2n) is 5.37. The first-order valence-corrected chi connectivity index (χ1v) is 9.55. The molecule has 138 valence electrons. The Labute approximate surface area is 156 Å². The van der Waals surface area contributed by atoms with Crippen LogP contribution in [0.2, 0.25) is 5.02 Å². The molecule has 0 aromatic heterocycles. The van der Waals surface area contributed by atoms with Gasteiger partial charge in [0.25, 0.3) is 5.91 Å². The van der Waals surface area contributed by atoms with Gasteiger partial charge in [0.2, 0.25) is 15.9 Å². The number of rotatable bonds is 7. The molecule has 2 aromatic rings. The van der Waals surface area contributed by atoms with Gasteiger partial charge in [0.15, 0.2) is 0 Å². The number of amides is 2. The summed E-state index contributed by atoms with van der Waals surface area (Å²) in [4.78, 5) is 23.0. The molecule has 2 amide bonds. The molecular formula is C17H18ClN3O4S. The van der Waals surface area contributed by atoms with Crippen LogP contribution in [-0.2, 0) is 14.8 Å². The average Bonchev–Trinajstić information content (AvgIpc) is 2.58. The Morgan fingerprint density at radius 1 is 1.04 bits per heavy atom. The van der Waals surface area contributed by atoms with Crippen LogP contribution in [0.15, 0.2) is 53.4 Å². The summed E-state index contributed by atoms with van der Waals surface area (Å²) in [6, 6.07) is 12.3. The number of sulfonamides is 1. The number of carbonyl (C=O) groups excluding carboxylic acids is 2. The normalized spacial score (nSPS) is 11.0. The third-order valence-electron chi connectivity index (χ3n) is 3.28. The van der Waals surface area contributed by atoms with Crippen molar-refractivity contribution in [3.63, 3.8) is 0 Å². The van der Waals surface area contributed by atoms with Crippen molar-refractivity contribution in [2.45, 2.75) is 11.8 Å². The molecule has 0 atom stereocenters. The molecule has 0 radical (unpaired) electrons. The van der Waals surface area contributed by atoms with E-state index in [1.54, 1.807) is 36.4 Å². The predicted molar refractivity (Wildman–Crippen MR) is 99.7 cm³/mol. The van der Waals surface area contributed by atoms with Crippen LogP contribution in [0.4, 0.5) is 5.69 Å². The van der Waals surface area contributed by atoms with Crippen LogP contribution in [0.1, 0.15) is 17.3 Å². The summed E-state index contributed by atoms with van der Waals surface area (Å²) in [5.74, 6) is -0.546. The van der Waals surface area contributed by atoms with Gasteiger partial charge in [-0.3, -0.25) is 9.59 Å². The molecule has 0 heterocycles. The highest BCUT2D eigenvalue weighted by atomic mass is 35.5. The molecule has 26 heavy (non-hydrogen) atoms. The molecule has 0 aliphatic rings. The fourth-order valence-electron chi connectivity index (χ4n) is 2.09. The molecule has 0 saturated carbocycles. The molecule has 2 aromatic carbocycles. The Hall–Kier alpha value is -2.42. The zero-order valence-corrected chi connectivity index (χ0v) is 15.5. The minimum atomic E-state index is -3.69. The number of hydrogen-bond acceptors (Lipinski definition) is 4. The Morgan fingerprint density at radius 3 is 2.35 bits per heavy atom. The summed E-state index contributed by atoms with van der Waals surface area (Å²) in [7, 11) is -3.69. The van der Waals surface area contributed by atoms with Gasteiger partial charge in [0, 0.05) is 36.3 Å². The van der Waals surface area contributed by atoms with Crippen molar-refractivity contribution >= 4 is 39.1 Å². The first-order chi connectivity index (χ1) is 12.3. The van der Waals surface area contributed by atoms with Gasteiger partial charge >= 0.3 is 0 Å². The highest BCUT2D eigenvalue weighted by molar-refractivity contribution is 7.89. The second-order valence-corrected chi connectivity index (χ2v) is 7.57. The topological polar surface area (TPSA) is 104 Å². The Morgan fingerprint density at radius 2 is 1.73 bits per heavy atom. The summed E-state index contributed by atoms with van der Waals surface area (Å²) < 4.78 is 26.6. The zero-order chi connectivity index (χ0) is 19.2. The Kier molecular flexibility index (Phi) is 6.73. The van der Waals surface area contributed by atoms with Crippen LogP contribution in [0, 0.1) is 0 Å². The number of anilines is 1. The van der Waals surface area contributed by atoms with E-state index in [4.69, 9.17) is 11.6 Å². The van der Waals surface area contributed by atoms with Crippen LogP contribution >= 0.6 is 11.6 Å². The van der Waals surface area contributed by atoms with Crippen molar-refractivity contribution in [3.05, 3.63) is 59.1 Å². The second kappa shape index (κ2) is 8.79. The van der Waals surface area contributed by atoms with E-state index >= 15 is 0 Å². The van der Waals surface area contributed by atoms with Crippen LogP contribution in [0.3, 0.4) is 0 Å². The number of carbonyl (C=O) groups is 2. The highest BCUT2D eigenvalue weighted by Crippen LogP contribution is 2.15. The molecule has 0 bridgehead atoms. The fraction of sp³-hybridized carbons (Fsp3) is 0.176. The zero-order valence-electron chi connectivity index (χ0n) is 14.0. The molecule has 0 saturated heterocycles. The van der Waals surface area contributed by atoms with Gasteiger partial charge in [0.05, 0.1) is 4.90 Å². The number of nitrogens with one attached hydrogen (secondary N) is 3. The maximum Gasteiger partial charge on any atom is 0.251 e. The number of hydrogen-bond donors (Lipinski definition) is 3. The number of halogens is 1. The summed E-state index contributed by atoms with van der Waals surface area (Å²) in [6.07, 6.45) is 0. The lowest BCUT2D eigenvalue weighted by atomic mass is 10.2. The van der Waals surface area contributed by atoms with Gasteiger partial charge < -0.3 is 10.6 Å². The van der Waals surface area contributed by atoms with Gasteiger partial charge in [-0.1, -0.05) is 17.7 Å². The molecule has 3 N–H and O–H groups in total. The van der Waals surface area contributed by atoms with Crippen LogP contribution in [-0.4, -0.2) is 33.3 Å². The van der Waals surface area contributed by atoms with Gasteiger partial charge in [-0.05, 0) is 42.5 Å². The van der Waals surface area contributed by atoms with Gasteiger partial charge in [-0.2, -0.15) is 0 Å². The molecule has 0 unspecified atom stereocenters. The van der Waals surface area contributed by atoms with Crippen molar-refractivity contribution in [1.82, 2.24) is 10.0 Å². The van der Waals surface area contributed by atoms with Gasteiger partial charge in [-0.25, -0.2) is 13.1 Å². The van der Waals surface area contributed by atoms with Crippen LogP contribution in [0.25, 0.3) is 0 Å². The lowest BCUT2D eigenvalue weighted by Gasteiger charge is -2.09. The van der Waals surface area contributed by atoms with Crippen molar-refractivity contribution < 1.29 is 18.0 Å². The SMILES string of the molecule is CC(=O)Nc1ccc(C(=O)NCCNS(=O)(=O)c2cccc(Cl)c2)cc1. The molecule has 0 spiro atoms. The average molecular weight is 396 g/mol. The van der Waals surface area contributed by atoms with Crippen molar-refractivity contribution in [2.24, 2.45) is 0 Å². The van der Waals surface area contributed by atoms with Crippen molar-refractivity contribution in [2.75, 3.05) is 18.4 Å². The monoisotopic (exact) mass is 395 g/mol. The fourth-order valence-corrected chi connectivity index (χ4v) is 3.42. The maximum atomic E-state index is 12.1. The minimum absolute atomic E-state index is 0.0323. The number of benzene rings is 2. The van der Waals surface area contributed by atoms with E-state index in [9.17, 15) is 18.0 Å².